The van der Waals surface area contributed by atoms with E-state index in [4.69, 9.17) is 21.5 Å². The van der Waals surface area contributed by atoms with Gasteiger partial charge in [-0.1, -0.05) is 34.5 Å². The molecule has 0 radical (unpaired) electrons. The molecule has 1 aromatic carbocycles. The SMILES string of the molecule is CC(COc1ccc(Br)cc1Cl)CS(N)(=O)=O. The van der Waals surface area contributed by atoms with E-state index in [1.165, 1.54) is 0 Å². The molecule has 96 valence electrons. The van der Waals surface area contributed by atoms with E-state index in [-0.39, 0.29) is 18.3 Å². The van der Waals surface area contributed by atoms with Gasteiger partial charge in [0.1, 0.15) is 5.75 Å². The molecule has 7 heteroatoms. The Balaban J connectivity index is 2.56. The molecule has 0 heterocycles. The minimum atomic E-state index is -3.47. The van der Waals surface area contributed by atoms with Gasteiger partial charge in [0.15, 0.2) is 0 Å². The maximum absolute atomic E-state index is 10.9. The van der Waals surface area contributed by atoms with Crippen molar-refractivity contribution in [2.24, 2.45) is 11.1 Å². The standard InChI is InChI=1S/C10H13BrClNO3S/c1-7(6-17(13,14)15)5-16-10-3-2-8(11)4-9(10)12/h2-4,7H,5-6H2,1H3,(H2,13,14,15). The highest BCUT2D eigenvalue weighted by Crippen LogP contribution is 2.28. The molecule has 1 aromatic rings. The van der Waals surface area contributed by atoms with E-state index in [1.807, 2.05) is 0 Å². The molecule has 0 bridgehead atoms. The van der Waals surface area contributed by atoms with Gasteiger partial charge in [-0.2, -0.15) is 0 Å². The second kappa shape index (κ2) is 6.04. The van der Waals surface area contributed by atoms with E-state index in [1.54, 1.807) is 25.1 Å². The maximum Gasteiger partial charge on any atom is 0.209 e. The summed E-state index contributed by atoms with van der Waals surface area (Å²) < 4.78 is 28.0. The normalized spacial score (nSPS) is 13.4. The smallest absolute Gasteiger partial charge is 0.209 e. The van der Waals surface area contributed by atoms with Crippen LogP contribution in [-0.4, -0.2) is 20.8 Å². The second-order valence-corrected chi connectivity index (χ2v) is 6.80. The van der Waals surface area contributed by atoms with E-state index >= 15 is 0 Å². The third-order valence-electron chi connectivity index (χ3n) is 1.93. The number of benzene rings is 1. The van der Waals surface area contributed by atoms with E-state index in [2.05, 4.69) is 15.9 Å². The van der Waals surface area contributed by atoms with Crippen molar-refractivity contribution in [2.45, 2.75) is 6.92 Å². The molecule has 1 rings (SSSR count). The number of halogens is 2. The van der Waals surface area contributed by atoms with Crippen molar-refractivity contribution in [3.8, 4) is 5.75 Å². The van der Waals surface area contributed by atoms with Crippen molar-refractivity contribution in [1.29, 1.82) is 0 Å². The first-order valence-corrected chi connectivity index (χ1v) is 7.75. The van der Waals surface area contributed by atoms with Gasteiger partial charge in [-0.25, -0.2) is 13.6 Å². The Hall–Kier alpha value is -0.300. The number of ether oxygens (including phenoxy) is 1. The maximum atomic E-state index is 10.9. The van der Waals surface area contributed by atoms with Crippen molar-refractivity contribution in [2.75, 3.05) is 12.4 Å². The average Bonchev–Trinajstić information content (AvgIpc) is 2.13. The Morgan fingerprint density at radius 1 is 1.53 bits per heavy atom. The molecular weight excluding hydrogens is 330 g/mol. The van der Waals surface area contributed by atoms with Gasteiger partial charge in [0.05, 0.1) is 17.4 Å². The molecular formula is C10H13BrClNO3S. The highest BCUT2D eigenvalue weighted by Gasteiger charge is 2.12. The summed E-state index contributed by atoms with van der Waals surface area (Å²) in [4.78, 5) is 0. The molecule has 0 spiro atoms. The van der Waals surface area contributed by atoms with Gasteiger partial charge in [-0.05, 0) is 18.2 Å². The molecule has 0 fully saturated rings. The molecule has 0 aromatic heterocycles. The van der Waals surface area contributed by atoms with Crippen molar-refractivity contribution in [3.05, 3.63) is 27.7 Å². The highest BCUT2D eigenvalue weighted by atomic mass is 79.9. The molecule has 0 aliphatic carbocycles. The van der Waals surface area contributed by atoms with Gasteiger partial charge in [0.25, 0.3) is 0 Å². The molecule has 0 amide bonds. The first-order valence-electron chi connectivity index (χ1n) is 4.86. The monoisotopic (exact) mass is 341 g/mol. The van der Waals surface area contributed by atoms with Crippen molar-refractivity contribution in [3.63, 3.8) is 0 Å². The van der Waals surface area contributed by atoms with Crippen LogP contribution < -0.4 is 9.88 Å². The van der Waals surface area contributed by atoms with Crippen LogP contribution in [0, 0.1) is 5.92 Å². The fraction of sp³-hybridized carbons (Fsp3) is 0.400. The molecule has 1 atom stereocenters. The van der Waals surface area contributed by atoms with E-state index < -0.39 is 10.0 Å². The molecule has 2 N–H and O–H groups in total. The van der Waals surface area contributed by atoms with Crippen LogP contribution in [0.1, 0.15) is 6.92 Å². The molecule has 17 heavy (non-hydrogen) atoms. The zero-order valence-corrected chi connectivity index (χ0v) is 12.3. The van der Waals surface area contributed by atoms with Crippen LogP contribution >= 0.6 is 27.5 Å². The zero-order chi connectivity index (χ0) is 13.1. The number of hydrogen-bond acceptors (Lipinski definition) is 3. The molecule has 0 saturated carbocycles. The Morgan fingerprint density at radius 3 is 2.71 bits per heavy atom. The van der Waals surface area contributed by atoms with Crippen LogP contribution in [0.3, 0.4) is 0 Å². The summed E-state index contributed by atoms with van der Waals surface area (Å²) >= 11 is 9.23. The molecule has 1 unspecified atom stereocenters. The lowest BCUT2D eigenvalue weighted by atomic mass is 10.2. The third kappa shape index (κ3) is 5.72. The van der Waals surface area contributed by atoms with E-state index in [0.717, 1.165) is 4.47 Å². The quantitative estimate of drug-likeness (QED) is 0.893. The molecule has 4 nitrogen and oxygen atoms in total. The van der Waals surface area contributed by atoms with Crippen molar-refractivity contribution < 1.29 is 13.2 Å². The van der Waals surface area contributed by atoms with Gasteiger partial charge in [0, 0.05) is 10.4 Å². The van der Waals surface area contributed by atoms with Crippen LogP contribution in [0.2, 0.25) is 5.02 Å². The number of rotatable bonds is 5. The number of sulfonamides is 1. The predicted molar refractivity (Wildman–Crippen MR) is 71.8 cm³/mol. The van der Waals surface area contributed by atoms with Crippen molar-refractivity contribution >= 4 is 37.6 Å². The third-order valence-corrected chi connectivity index (χ3v) is 3.76. The Kier molecular flexibility index (Phi) is 5.24. The Bertz CT molecular complexity index is 492. The van der Waals surface area contributed by atoms with Crippen LogP contribution in [-0.2, 0) is 10.0 Å². The van der Waals surface area contributed by atoms with Gasteiger partial charge in [-0.15, -0.1) is 0 Å². The average molecular weight is 343 g/mol. The lowest BCUT2D eigenvalue weighted by Crippen LogP contribution is -2.25. The first kappa shape index (κ1) is 14.8. The van der Waals surface area contributed by atoms with Gasteiger partial charge >= 0.3 is 0 Å². The van der Waals surface area contributed by atoms with Crippen LogP contribution in [0.15, 0.2) is 22.7 Å². The highest BCUT2D eigenvalue weighted by molar-refractivity contribution is 9.10. The molecule has 0 saturated heterocycles. The molecule has 0 aliphatic heterocycles. The number of primary sulfonamides is 1. The van der Waals surface area contributed by atoms with Gasteiger partial charge in [-0.3, -0.25) is 0 Å². The van der Waals surface area contributed by atoms with Crippen LogP contribution in [0.25, 0.3) is 0 Å². The summed E-state index contributed by atoms with van der Waals surface area (Å²) in [5.74, 6) is 0.224. The number of nitrogens with two attached hydrogens (primary N) is 1. The minimum absolute atomic E-state index is 0.110. The van der Waals surface area contributed by atoms with E-state index in [0.29, 0.717) is 10.8 Å². The zero-order valence-electron chi connectivity index (χ0n) is 9.19. The largest absolute Gasteiger partial charge is 0.492 e. The Morgan fingerprint density at radius 2 is 2.18 bits per heavy atom. The summed E-state index contributed by atoms with van der Waals surface area (Å²) in [5.41, 5.74) is 0. The van der Waals surface area contributed by atoms with Gasteiger partial charge in [0.2, 0.25) is 10.0 Å². The summed E-state index contributed by atoms with van der Waals surface area (Å²) in [6.07, 6.45) is 0. The lowest BCUT2D eigenvalue weighted by Gasteiger charge is -2.13. The number of hydrogen-bond donors (Lipinski definition) is 1. The Labute approximate surface area is 114 Å². The van der Waals surface area contributed by atoms with Crippen molar-refractivity contribution in [1.82, 2.24) is 0 Å². The summed E-state index contributed by atoms with van der Waals surface area (Å²) in [6.45, 7) is 1.99. The lowest BCUT2D eigenvalue weighted by molar-refractivity contribution is 0.272. The van der Waals surface area contributed by atoms with Gasteiger partial charge < -0.3 is 4.74 Å². The first-order chi connectivity index (χ1) is 7.78. The summed E-state index contributed by atoms with van der Waals surface area (Å²) in [5, 5.41) is 5.41. The fourth-order valence-corrected chi connectivity index (χ4v) is 2.89. The topological polar surface area (TPSA) is 69.4 Å². The predicted octanol–water partition coefficient (Wildman–Crippen LogP) is 2.41. The fourth-order valence-electron chi connectivity index (χ4n) is 1.27. The van der Waals surface area contributed by atoms with Crippen LogP contribution in [0.4, 0.5) is 0 Å². The second-order valence-electron chi connectivity index (χ2n) is 3.82. The van der Waals surface area contributed by atoms with E-state index in [9.17, 15) is 8.42 Å². The molecule has 0 aliphatic rings. The van der Waals surface area contributed by atoms with Crippen LogP contribution in [0.5, 0.6) is 5.75 Å². The minimum Gasteiger partial charge on any atom is -0.492 e. The summed E-state index contributed by atoms with van der Waals surface area (Å²) in [7, 11) is -3.47. The summed E-state index contributed by atoms with van der Waals surface area (Å²) in [6, 6.07) is 5.23.